The minimum absolute atomic E-state index is 0.119. The van der Waals surface area contributed by atoms with Gasteiger partial charge in [0.1, 0.15) is 11.5 Å². The lowest BCUT2D eigenvalue weighted by Gasteiger charge is -2.35. The maximum atomic E-state index is 12.3. The van der Waals surface area contributed by atoms with Gasteiger partial charge in [0.05, 0.1) is 6.07 Å². The molecule has 1 atom stereocenters. The van der Waals surface area contributed by atoms with Crippen molar-refractivity contribution in [2.75, 3.05) is 13.6 Å². The van der Waals surface area contributed by atoms with E-state index in [1.165, 1.54) is 0 Å². The second kappa shape index (κ2) is 4.36. The summed E-state index contributed by atoms with van der Waals surface area (Å²) in [6, 6.07) is 1.72. The molecular weight excluding hydrogens is 218 g/mol. The molecule has 17 heavy (non-hydrogen) atoms. The number of amides is 2. The Hall–Kier alpha value is -1.57. The average Bonchev–Trinajstić information content (AvgIpc) is 3.18. The number of nitrogens with zero attached hydrogens (tertiary/aromatic N) is 2. The van der Waals surface area contributed by atoms with Crippen molar-refractivity contribution in [3.05, 3.63) is 0 Å². The van der Waals surface area contributed by atoms with E-state index < -0.39 is 5.41 Å². The molecule has 2 amide bonds. The van der Waals surface area contributed by atoms with Crippen LogP contribution in [0.5, 0.6) is 0 Å². The Morgan fingerprint density at radius 1 is 1.41 bits per heavy atom. The summed E-state index contributed by atoms with van der Waals surface area (Å²) in [5.41, 5.74) is -0.816. The smallest absolute Gasteiger partial charge is 0.243 e. The number of carbonyl (C=O) groups is 2. The lowest BCUT2D eigenvalue weighted by molar-refractivity contribution is -0.144. The third-order valence-corrected chi connectivity index (χ3v) is 3.69. The third-order valence-electron chi connectivity index (χ3n) is 3.69. The number of nitriles is 1. The maximum absolute atomic E-state index is 12.3. The molecule has 0 radical (unpaired) electrons. The summed E-state index contributed by atoms with van der Waals surface area (Å²) in [6.07, 6.45) is 3.85. The van der Waals surface area contributed by atoms with Crippen LogP contribution in [0.1, 0.15) is 32.1 Å². The van der Waals surface area contributed by atoms with Crippen LogP contribution in [0.15, 0.2) is 0 Å². The fourth-order valence-corrected chi connectivity index (χ4v) is 2.39. The Kier molecular flexibility index (Phi) is 3.05. The topological polar surface area (TPSA) is 73.2 Å². The monoisotopic (exact) mass is 235 g/mol. The molecule has 2 fully saturated rings. The lowest BCUT2D eigenvalue weighted by atomic mass is 9.98. The molecule has 2 rings (SSSR count). The summed E-state index contributed by atoms with van der Waals surface area (Å²) in [5, 5.41) is 11.6. The van der Waals surface area contributed by atoms with Crippen LogP contribution >= 0.6 is 0 Å². The zero-order chi connectivity index (χ0) is 12.5. The highest BCUT2D eigenvalue weighted by molar-refractivity contribution is 5.93. The van der Waals surface area contributed by atoms with E-state index >= 15 is 0 Å². The molecule has 2 aliphatic rings. The Morgan fingerprint density at radius 2 is 2.12 bits per heavy atom. The van der Waals surface area contributed by atoms with Crippen LogP contribution in [0.3, 0.4) is 0 Å². The van der Waals surface area contributed by atoms with E-state index in [1.807, 2.05) is 0 Å². The highest BCUT2D eigenvalue weighted by Gasteiger charge is 2.54. The number of nitrogens with one attached hydrogen (secondary N) is 1. The second-order valence-electron chi connectivity index (χ2n) is 4.82. The molecule has 92 valence electrons. The van der Waals surface area contributed by atoms with Crippen LogP contribution in [-0.2, 0) is 9.59 Å². The first-order valence-electron chi connectivity index (χ1n) is 6.08. The predicted octanol–water partition coefficient (Wildman–Crippen LogP) is 0.417. The maximum Gasteiger partial charge on any atom is 0.243 e. The molecule has 0 aromatic heterocycles. The van der Waals surface area contributed by atoms with Crippen molar-refractivity contribution in [3.63, 3.8) is 0 Å². The van der Waals surface area contributed by atoms with E-state index in [2.05, 4.69) is 11.4 Å². The largest absolute Gasteiger partial charge is 0.357 e. The van der Waals surface area contributed by atoms with Gasteiger partial charge in [-0.1, -0.05) is 0 Å². The van der Waals surface area contributed by atoms with E-state index in [1.54, 1.807) is 11.9 Å². The van der Waals surface area contributed by atoms with Gasteiger partial charge in [0.15, 0.2) is 0 Å². The van der Waals surface area contributed by atoms with Gasteiger partial charge in [-0.3, -0.25) is 9.59 Å². The van der Waals surface area contributed by atoms with Crippen molar-refractivity contribution in [1.82, 2.24) is 10.2 Å². The first kappa shape index (κ1) is 11.9. The Bertz CT molecular complexity index is 382. The van der Waals surface area contributed by atoms with Crippen molar-refractivity contribution in [2.45, 2.75) is 38.1 Å². The van der Waals surface area contributed by atoms with Crippen LogP contribution in [0, 0.1) is 16.7 Å². The molecule has 0 bridgehead atoms. The highest BCUT2D eigenvalue weighted by Crippen LogP contribution is 2.47. The Morgan fingerprint density at radius 3 is 2.65 bits per heavy atom. The van der Waals surface area contributed by atoms with Crippen LogP contribution in [-0.4, -0.2) is 36.3 Å². The van der Waals surface area contributed by atoms with Crippen LogP contribution in [0.25, 0.3) is 0 Å². The lowest BCUT2D eigenvalue weighted by Crippen LogP contribution is -2.53. The summed E-state index contributed by atoms with van der Waals surface area (Å²) >= 11 is 0. The number of hydrogen-bond donors (Lipinski definition) is 1. The highest BCUT2D eigenvalue weighted by atomic mass is 16.2. The molecule has 1 aliphatic heterocycles. The Labute approximate surface area is 101 Å². The van der Waals surface area contributed by atoms with Gasteiger partial charge >= 0.3 is 0 Å². The normalized spacial score (nSPS) is 25.9. The number of likely N-dealkylation sites (N-methyl/N-ethyl adjacent to an activating group) is 1. The van der Waals surface area contributed by atoms with Crippen LogP contribution in [0.4, 0.5) is 0 Å². The minimum atomic E-state index is -0.816. The fraction of sp³-hybridized carbons (Fsp3) is 0.750. The predicted molar refractivity (Wildman–Crippen MR) is 60.7 cm³/mol. The molecule has 1 N–H and O–H groups in total. The van der Waals surface area contributed by atoms with Crippen molar-refractivity contribution in [1.29, 1.82) is 5.26 Å². The van der Waals surface area contributed by atoms with Gasteiger partial charge < -0.3 is 10.2 Å². The number of piperidine rings is 1. The quantitative estimate of drug-likeness (QED) is 0.753. The van der Waals surface area contributed by atoms with E-state index in [4.69, 9.17) is 5.26 Å². The van der Waals surface area contributed by atoms with Crippen molar-refractivity contribution >= 4 is 11.8 Å². The minimum Gasteiger partial charge on any atom is -0.357 e. The van der Waals surface area contributed by atoms with Gasteiger partial charge in [0.25, 0.3) is 0 Å². The van der Waals surface area contributed by atoms with Gasteiger partial charge in [0, 0.05) is 13.6 Å². The summed E-state index contributed by atoms with van der Waals surface area (Å²) in [4.78, 5) is 25.6. The average molecular weight is 235 g/mol. The second-order valence-corrected chi connectivity index (χ2v) is 4.82. The number of hydrogen-bond acceptors (Lipinski definition) is 3. The molecule has 1 aliphatic carbocycles. The van der Waals surface area contributed by atoms with Gasteiger partial charge in [-0.2, -0.15) is 5.26 Å². The fourth-order valence-electron chi connectivity index (χ4n) is 2.39. The van der Waals surface area contributed by atoms with Crippen molar-refractivity contribution < 1.29 is 9.59 Å². The van der Waals surface area contributed by atoms with Crippen LogP contribution < -0.4 is 5.32 Å². The molecule has 5 nitrogen and oxygen atoms in total. The van der Waals surface area contributed by atoms with E-state index in [0.717, 1.165) is 12.8 Å². The molecule has 1 unspecified atom stereocenters. The molecule has 0 aromatic rings. The van der Waals surface area contributed by atoms with Crippen LogP contribution in [0.2, 0.25) is 0 Å². The van der Waals surface area contributed by atoms with E-state index in [9.17, 15) is 9.59 Å². The van der Waals surface area contributed by atoms with Crippen molar-refractivity contribution in [2.24, 2.45) is 5.41 Å². The summed E-state index contributed by atoms with van der Waals surface area (Å²) in [7, 11) is 1.58. The third kappa shape index (κ3) is 1.99. The molecule has 0 aromatic carbocycles. The standard InChI is InChI=1S/C12H17N3O2/c1-14-10(16)9-4-2-3-7-15(9)11(17)12(8-13)5-6-12/h9H,2-7H2,1H3,(H,14,16). The van der Waals surface area contributed by atoms with E-state index in [-0.39, 0.29) is 17.9 Å². The first-order chi connectivity index (χ1) is 8.14. The number of rotatable bonds is 2. The SMILES string of the molecule is CNC(=O)C1CCCCN1C(=O)C1(C#N)CC1. The van der Waals surface area contributed by atoms with Crippen molar-refractivity contribution in [3.8, 4) is 6.07 Å². The Balaban J connectivity index is 2.14. The number of likely N-dealkylation sites (tertiary alicyclic amines) is 1. The zero-order valence-corrected chi connectivity index (χ0v) is 10.0. The first-order valence-corrected chi connectivity index (χ1v) is 6.08. The zero-order valence-electron chi connectivity index (χ0n) is 10.0. The summed E-state index contributed by atoms with van der Waals surface area (Å²) < 4.78 is 0. The van der Waals surface area contributed by atoms with Gasteiger partial charge in [-0.25, -0.2) is 0 Å². The molecule has 0 spiro atoms. The molecule has 1 saturated heterocycles. The number of carbonyl (C=O) groups excluding carboxylic acids is 2. The van der Waals surface area contributed by atoms with Gasteiger partial charge in [0.2, 0.25) is 11.8 Å². The summed E-state index contributed by atoms with van der Waals surface area (Å²) in [5.74, 6) is -0.264. The van der Waals surface area contributed by atoms with E-state index in [0.29, 0.717) is 25.8 Å². The van der Waals surface area contributed by atoms with Gasteiger partial charge in [-0.15, -0.1) is 0 Å². The van der Waals surface area contributed by atoms with Gasteiger partial charge in [-0.05, 0) is 32.1 Å². The molecular formula is C12H17N3O2. The molecule has 1 heterocycles. The molecule has 5 heteroatoms. The summed E-state index contributed by atoms with van der Waals surface area (Å²) in [6.45, 7) is 0.598. The molecule has 1 saturated carbocycles.